The van der Waals surface area contributed by atoms with Gasteiger partial charge in [-0.2, -0.15) is 4.68 Å². The van der Waals surface area contributed by atoms with Gasteiger partial charge in [-0.15, -0.1) is 0 Å². The molecule has 1 heterocycles. The zero-order valence-corrected chi connectivity index (χ0v) is 14.0. The molecule has 8 heteroatoms. The molecule has 0 radical (unpaired) electrons. The SMILES string of the molecule is CCOC(=O)c1c(Oc2ccccc2)nnn1C(=N)Oc1ccccc1. The Kier molecular flexibility index (Phi) is 5.23. The number of hydrogen-bond acceptors (Lipinski definition) is 7. The van der Waals surface area contributed by atoms with E-state index in [1.807, 2.05) is 12.1 Å². The van der Waals surface area contributed by atoms with Gasteiger partial charge in [-0.3, -0.25) is 0 Å². The molecule has 132 valence electrons. The molecule has 0 amide bonds. The van der Waals surface area contributed by atoms with Gasteiger partial charge in [-0.05, 0) is 31.2 Å². The minimum absolute atomic E-state index is 0.0731. The van der Waals surface area contributed by atoms with E-state index in [1.165, 1.54) is 0 Å². The lowest BCUT2D eigenvalue weighted by atomic mass is 10.3. The molecule has 1 N–H and O–H groups in total. The third-order valence-electron chi connectivity index (χ3n) is 3.22. The summed E-state index contributed by atoms with van der Waals surface area (Å²) < 4.78 is 17.0. The van der Waals surface area contributed by atoms with Crippen molar-refractivity contribution >= 4 is 12.0 Å². The Balaban J connectivity index is 1.91. The van der Waals surface area contributed by atoms with E-state index in [4.69, 9.17) is 19.6 Å². The number of ether oxygens (including phenoxy) is 3. The predicted molar refractivity (Wildman–Crippen MR) is 92.7 cm³/mol. The van der Waals surface area contributed by atoms with Crippen LogP contribution in [-0.4, -0.2) is 33.6 Å². The van der Waals surface area contributed by atoms with Crippen LogP contribution >= 0.6 is 0 Å². The van der Waals surface area contributed by atoms with Crippen molar-refractivity contribution in [1.82, 2.24) is 15.0 Å². The molecule has 8 nitrogen and oxygen atoms in total. The number of carbonyl (C=O) groups excluding carboxylic acids is 1. The van der Waals surface area contributed by atoms with Gasteiger partial charge in [0.05, 0.1) is 6.61 Å². The molecule has 0 aliphatic carbocycles. The summed E-state index contributed by atoms with van der Waals surface area (Å²) in [5.41, 5.74) is -0.128. The van der Waals surface area contributed by atoms with Crippen LogP contribution in [0.2, 0.25) is 0 Å². The Hall–Kier alpha value is -3.68. The van der Waals surface area contributed by atoms with Crippen LogP contribution in [0.1, 0.15) is 17.4 Å². The molecule has 0 atom stereocenters. The van der Waals surface area contributed by atoms with E-state index < -0.39 is 12.0 Å². The van der Waals surface area contributed by atoms with Crippen molar-refractivity contribution in [3.8, 4) is 17.4 Å². The number of carbonyl (C=O) groups is 1. The quantitative estimate of drug-likeness (QED) is 0.430. The maximum absolute atomic E-state index is 12.3. The van der Waals surface area contributed by atoms with Crippen molar-refractivity contribution in [1.29, 1.82) is 5.41 Å². The number of aromatic nitrogens is 3. The molecule has 0 unspecified atom stereocenters. The van der Waals surface area contributed by atoms with Gasteiger partial charge in [0.1, 0.15) is 11.5 Å². The standard InChI is InChI=1S/C18H16N4O4/c1-2-24-17(23)15-16(25-13-9-5-3-6-10-13)20-21-22(15)18(19)26-14-11-7-4-8-12-14/h3-12,19H,2H2,1H3. The van der Waals surface area contributed by atoms with E-state index in [-0.39, 0.29) is 18.2 Å². The number of para-hydroxylation sites is 2. The van der Waals surface area contributed by atoms with E-state index >= 15 is 0 Å². The molecule has 0 saturated heterocycles. The van der Waals surface area contributed by atoms with Gasteiger partial charge in [-0.25, -0.2) is 10.2 Å². The van der Waals surface area contributed by atoms with E-state index in [0.717, 1.165) is 4.68 Å². The van der Waals surface area contributed by atoms with Crippen LogP contribution in [0.3, 0.4) is 0 Å². The summed E-state index contributed by atoms with van der Waals surface area (Å²) in [6.45, 7) is 1.83. The maximum Gasteiger partial charge on any atom is 0.363 e. The first kappa shape index (κ1) is 17.2. The summed E-state index contributed by atoms with van der Waals surface area (Å²) in [4.78, 5) is 12.3. The summed E-state index contributed by atoms with van der Waals surface area (Å²) in [6.07, 6.45) is 0. The van der Waals surface area contributed by atoms with Gasteiger partial charge in [0.2, 0.25) is 5.69 Å². The van der Waals surface area contributed by atoms with Crippen LogP contribution in [0.15, 0.2) is 60.7 Å². The number of esters is 1. The summed E-state index contributed by atoms with van der Waals surface area (Å²) in [7, 11) is 0. The lowest BCUT2D eigenvalue weighted by Gasteiger charge is -2.09. The van der Waals surface area contributed by atoms with Crippen LogP contribution in [-0.2, 0) is 4.74 Å². The average molecular weight is 352 g/mol. The van der Waals surface area contributed by atoms with Crippen LogP contribution in [0.4, 0.5) is 0 Å². The van der Waals surface area contributed by atoms with Crippen molar-refractivity contribution in [2.75, 3.05) is 6.61 Å². The molecule has 26 heavy (non-hydrogen) atoms. The lowest BCUT2D eigenvalue weighted by molar-refractivity contribution is 0.0512. The minimum atomic E-state index is -0.718. The molecule has 2 aromatic carbocycles. The van der Waals surface area contributed by atoms with Crippen LogP contribution in [0, 0.1) is 5.41 Å². The van der Waals surface area contributed by atoms with Crippen molar-refractivity contribution < 1.29 is 19.0 Å². The van der Waals surface area contributed by atoms with Gasteiger partial charge in [0.15, 0.2) is 0 Å². The molecule has 0 bridgehead atoms. The third-order valence-corrected chi connectivity index (χ3v) is 3.22. The maximum atomic E-state index is 12.3. The minimum Gasteiger partial charge on any atom is -0.461 e. The fourth-order valence-electron chi connectivity index (χ4n) is 2.10. The Morgan fingerprint density at radius 3 is 2.27 bits per heavy atom. The summed E-state index contributed by atoms with van der Waals surface area (Å²) in [6, 6.07) is 17.1. The molecule has 0 saturated carbocycles. The molecule has 3 rings (SSSR count). The second kappa shape index (κ2) is 7.93. The van der Waals surface area contributed by atoms with Crippen LogP contribution in [0.5, 0.6) is 17.4 Å². The number of hydrogen-bond donors (Lipinski definition) is 1. The Bertz CT molecular complexity index is 894. The predicted octanol–water partition coefficient (Wildman–Crippen LogP) is 3.11. The molecule has 1 aromatic heterocycles. The molecule has 3 aromatic rings. The van der Waals surface area contributed by atoms with Gasteiger partial charge >= 0.3 is 12.0 Å². The van der Waals surface area contributed by atoms with Crippen molar-refractivity contribution in [2.24, 2.45) is 0 Å². The Morgan fingerprint density at radius 2 is 1.65 bits per heavy atom. The summed E-state index contributed by atoms with van der Waals surface area (Å²) in [5, 5.41) is 15.8. The fraction of sp³-hybridized carbons (Fsp3) is 0.111. The number of nitrogens with one attached hydrogen (secondary N) is 1. The first-order valence-corrected chi connectivity index (χ1v) is 7.86. The average Bonchev–Trinajstić information content (AvgIpc) is 3.07. The highest BCUT2D eigenvalue weighted by molar-refractivity contribution is 5.94. The molecular formula is C18H16N4O4. The highest BCUT2D eigenvalue weighted by Gasteiger charge is 2.27. The fourth-order valence-corrected chi connectivity index (χ4v) is 2.10. The van der Waals surface area contributed by atoms with E-state index in [1.54, 1.807) is 55.5 Å². The second-order valence-corrected chi connectivity index (χ2v) is 5.01. The van der Waals surface area contributed by atoms with Gasteiger partial charge in [0, 0.05) is 0 Å². The summed E-state index contributed by atoms with van der Waals surface area (Å²) >= 11 is 0. The zero-order chi connectivity index (χ0) is 18.4. The number of nitrogens with zero attached hydrogens (tertiary/aromatic N) is 3. The Morgan fingerprint density at radius 1 is 1.04 bits per heavy atom. The largest absolute Gasteiger partial charge is 0.461 e. The number of rotatable bonds is 5. The van der Waals surface area contributed by atoms with Crippen molar-refractivity contribution in [3.05, 3.63) is 66.4 Å². The Labute approximate surface area is 149 Å². The smallest absolute Gasteiger partial charge is 0.363 e. The van der Waals surface area contributed by atoms with Crippen molar-refractivity contribution in [2.45, 2.75) is 6.92 Å². The second-order valence-electron chi connectivity index (χ2n) is 5.01. The monoisotopic (exact) mass is 352 g/mol. The lowest BCUT2D eigenvalue weighted by Crippen LogP contribution is -2.24. The molecule has 0 fully saturated rings. The van der Waals surface area contributed by atoms with E-state index in [9.17, 15) is 4.79 Å². The molecular weight excluding hydrogens is 336 g/mol. The molecule has 0 spiro atoms. The molecule has 0 aliphatic rings. The summed E-state index contributed by atoms with van der Waals surface area (Å²) in [5.74, 6) is 0.106. The van der Waals surface area contributed by atoms with Crippen molar-refractivity contribution in [3.63, 3.8) is 0 Å². The van der Waals surface area contributed by atoms with E-state index in [0.29, 0.717) is 11.5 Å². The third kappa shape index (κ3) is 3.86. The van der Waals surface area contributed by atoms with Gasteiger partial charge < -0.3 is 14.2 Å². The topological polar surface area (TPSA) is 99.3 Å². The van der Waals surface area contributed by atoms with Gasteiger partial charge in [0.25, 0.3) is 5.88 Å². The van der Waals surface area contributed by atoms with E-state index in [2.05, 4.69) is 10.3 Å². The van der Waals surface area contributed by atoms with Crippen LogP contribution in [0.25, 0.3) is 0 Å². The molecule has 0 aliphatic heterocycles. The normalized spacial score (nSPS) is 10.2. The number of benzene rings is 2. The highest BCUT2D eigenvalue weighted by atomic mass is 16.5. The van der Waals surface area contributed by atoms with Gasteiger partial charge in [-0.1, -0.05) is 46.7 Å². The first-order chi connectivity index (χ1) is 12.7. The zero-order valence-electron chi connectivity index (χ0n) is 14.0. The first-order valence-electron chi connectivity index (χ1n) is 7.86. The van der Waals surface area contributed by atoms with Crippen LogP contribution < -0.4 is 9.47 Å². The highest BCUT2D eigenvalue weighted by Crippen LogP contribution is 2.23.